The fraction of sp³-hybridized carbons (Fsp3) is 0.385. The van der Waals surface area contributed by atoms with E-state index in [2.05, 4.69) is 5.32 Å². The van der Waals surface area contributed by atoms with Crippen molar-refractivity contribution in [2.45, 2.75) is 30.7 Å². The van der Waals surface area contributed by atoms with Gasteiger partial charge in [-0.2, -0.15) is 0 Å². The Morgan fingerprint density at radius 1 is 1.25 bits per heavy atom. The molecule has 1 aromatic carbocycles. The van der Waals surface area contributed by atoms with Gasteiger partial charge < -0.3 is 10.4 Å². The third-order valence-corrected chi connectivity index (χ3v) is 4.32. The van der Waals surface area contributed by atoms with Gasteiger partial charge in [0.15, 0.2) is 9.84 Å². The SMILES string of the molecule is CC(CC(=O)O)NC(=O)CCS(=O)(=O)c1ccccc1. The van der Waals surface area contributed by atoms with Crippen LogP contribution in [0.15, 0.2) is 35.2 Å². The van der Waals surface area contributed by atoms with Crippen LogP contribution >= 0.6 is 0 Å². The van der Waals surface area contributed by atoms with Gasteiger partial charge in [-0.1, -0.05) is 18.2 Å². The second kappa shape index (κ2) is 7.04. The standard InChI is InChI=1S/C13H17NO5S/c1-10(9-13(16)17)14-12(15)7-8-20(18,19)11-5-3-2-4-6-11/h2-6,10H,7-9H2,1H3,(H,14,15)(H,16,17). The number of aliphatic carboxylic acids is 1. The van der Waals surface area contributed by atoms with Gasteiger partial charge >= 0.3 is 5.97 Å². The molecule has 1 aromatic rings. The van der Waals surface area contributed by atoms with Gasteiger partial charge in [-0.3, -0.25) is 9.59 Å². The number of carbonyl (C=O) groups excluding carboxylic acids is 1. The summed E-state index contributed by atoms with van der Waals surface area (Å²) in [7, 11) is -3.49. The maximum atomic E-state index is 11.9. The van der Waals surface area contributed by atoms with Crippen LogP contribution in [0.4, 0.5) is 0 Å². The Morgan fingerprint density at radius 3 is 2.40 bits per heavy atom. The number of hydrogen-bond acceptors (Lipinski definition) is 4. The van der Waals surface area contributed by atoms with E-state index in [1.807, 2.05) is 0 Å². The molecule has 7 heteroatoms. The van der Waals surface area contributed by atoms with E-state index in [1.54, 1.807) is 25.1 Å². The van der Waals surface area contributed by atoms with E-state index in [4.69, 9.17) is 5.11 Å². The second-order valence-electron chi connectivity index (χ2n) is 4.45. The molecule has 0 aliphatic rings. The maximum Gasteiger partial charge on any atom is 0.305 e. The number of amides is 1. The molecule has 1 rings (SSSR count). The lowest BCUT2D eigenvalue weighted by molar-refractivity contribution is -0.137. The van der Waals surface area contributed by atoms with Gasteiger partial charge in [0.1, 0.15) is 0 Å². The summed E-state index contributed by atoms with van der Waals surface area (Å²) in [6.45, 7) is 1.55. The highest BCUT2D eigenvalue weighted by Crippen LogP contribution is 2.11. The lowest BCUT2D eigenvalue weighted by Crippen LogP contribution is -2.35. The van der Waals surface area contributed by atoms with Crippen LogP contribution in [0.3, 0.4) is 0 Å². The Morgan fingerprint density at radius 2 is 1.85 bits per heavy atom. The molecule has 0 aliphatic heterocycles. The van der Waals surface area contributed by atoms with E-state index in [-0.39, 0.29) is 23.5 Å². The molecule has 0 saturated heterocycles. The quantitative estimate of drug-likeness (QED) is 0.776. The Kier molecular flexibility index (Phi) is 5.69. The van der Waals surface area contributed by atoms with Gasteiger partial charge in [0, 0.05) is 12.5 Å². The first-order valence-electron chi connectivity index (χ1n) is 6.10. The maximum absolute atomic E-state index is 11.9. The molecule has 6 nitrogen and oxygen atoms in total. The number of nitrogens with one attached hydrogen (secondary N) is 1. The highest BCUT2D eigenvalue weighted by molar-refractivity contribution is 7.91. The Balaban J connectivity index is 2.51. The normalized spacial score (nSPS) is 12.7. The minimum Gasteiger partial charge on any atom is -0.481 e. The summed E-state index contributed by atoms with van der Waals surface area (Å²) >= 11 is 0. The fourth-order valence-corrected chi connectivity index (χ4v) is 2.89. The van der Waals surface area contributed by atoms with Crippen molar-refractivity contribution in [1.82, 2.24) is 5.32 Å². The van der Waals surface area contributed by atoms with Crippen LogP contribution in [0.2, 0.25) is 0 Å². The largest absolute Gasteiger partial charge is 0.481 e. The molecule has 0 aliphatic carbocycles. The number of hydrogen-bond donors (Lipinski definition) is 2. The Labute approximate surface area is 117 Å². The van der Waals surface area contributed by atoms with Crippen LogP contribution in [-0.2, 0) is 19.4 Å². The second-order valence-corrected chi connectivity index (χ2v) is 6.56. The van der Waals surface area contributed by atoms with Crippen molar-refractivity contribution in [3.8, 4) is 0 Å². The lowest BCUT2D eigenvalue weighted by atomic mass is 10.2. The van der Waals surface area contributed by atoms with Crippen LogP contribution in [0.25, 0.3) is 0 Å². The highest BCUT2D eigenvalue weighted by atomic mass is 32.2. The Bertz CT molecular complexity index is 568. The summed E-state index contributed by atoms with van der Waals surface area (Å²) in [5.41, 5.74) is 0. The highest BCUT2D eigenvalue weighted by Gasteiger charge is 2.17. The number of carbonyl (C=O) groups is 2. The van der Waals surface area contributed by atoms with Crippen molar-refractivity contribution >= 4 is 21.7 Å². The van der Waals surface area contributed by atoms with Gasteiger partial charge in [-0.15, -0.1) is 0 Å². The summed E-state index contributed by atoms with van der Waals surface area (Å²) in [5.74, 6) is -1.80. The summed E-state index contributed by atoms with van der Waals surface area (Å²) in [4.78, 5) is 22.2. The molecule has 0 spiro atoms. The molecule has 1 unspecified atom stereocenters. The molecular weight excluding hydrogens is 282 g/mol. The van der Waals surface area contributed by atoms with Crippen LogP contribution < -0.4 is 5.32 Å². The third kappa shape index (κ3) is 5.40. The molecule has 0 fully saturated rings. The fourth-order valence-electron chi connectivity index (χ4n) is 1.63. The van der Waals surface area contributed by atoms with Gasteiger partial charge in [-0.25, -0.2) is 8.42 Å². The smallest absolute Gasteiger partial charge is 0.305 e. The first kappa shape index (κ1) is 16.2. The zero-order valence-electron chi connectivity index (χ0n) is 11.1. The van der Waals surface area contributed by atoms with Crippen LogP contribution in [-0.4, -0.2) is 37.2 Å². The van der Waals surface area contributed by atoms with Crippen molar-refractivity contribution in [3.05, 3.63) is 30.3 Å². The third-order valence-electron chi connectivity index (χ3n) is 2.59. The number of rotatable bonds is 7. The van der Waals surface area contributed by atoms with E-state index in [0.29, 0.717) is 0 Å². The number of benzene rings is 1. The van der Waals surface area contributed by atoms with Crippen molar-refractivity contribution in [2.75, 3.05) is 5.75 Å². The first-order chi connectivity index (χ1) is 9.31. The molecule has 0 aromatic heterocycles. The summed E-state index contributed by atoms with van der Waals surface area (Å²) in [6, 6.07) is 7.35. The van der Waals surface area contributed by atoms with Gasteiger partial charge in [0.2, 0.25) is 5.91 Å². The van der Waals surface area contributed by atoms with Crippen molar-refractivity contribution in [3.63, 3.8) is 0 Å². The summed E-state index contributed by atoms with van der Waals surface area (Å²) in [6.07, 6.45) is -0.391. The average Bonchev–Trinajstić information content (AvgIpc) is 2.36. The molecule has 0 radical (unpaired) electrons. The summed E-state index contributed by atoms with van der Waals surface area (Å²) < 4.78 is 23.9. The molecule has 0 heterocycles. The van der Waals surface area contributed by atoms with Crippen molar-refractivity contribution in [1.29, 1.82) is 0 Å². The van der Waals surface area contributed by atoms with E-state index in [9.17, 15) is 18.0 Å². The number of carboxylic acids is 1. The minimum atomic E-state index is -3.49. The van der Waals surface area contributed by atoms with Crippen LogP contribution in [0, 0.1) is 0 Å². The molecule has 2 N–H and O–H groups in total. The predicted octanol–water partition coefficient (Wildman–Crippen LogP) is 0.830. The zero-order chi connectivity index (χ0) is 15.2. The van der Waals surface area contributed by atoms with Gasteiger partial charge in [-0.05, 0) is 19.1 Å². The van der Waals surface area contributed by atoms with E-state index < -0.39 is 27.8 Å². The van der Waals surface area contributed by atoms with E-state index >= 15 is 0 Å². The average molecular weight is 299 g/mol. The van der Waals surface area contributed by atoms with Crippen molar-refractivity contribution in [2.24, 2.45) is 0 Å². The molecule has 110 valence electrons. The lowest BCUT2D eigenvalue weighted by Gasteiger charge is -2.11. The van der Waals surface area contributed by atoms with E-state index in [1.165, 1.54) is 12.1 Å². The molecule has 0 saturated carbocycles. The van der Waals surface area contributed by atoms with Crippen molar-refractivity contribution < 1.29 is 23.1 Å². The van der Waals surface area contributed by atoms with Crippen LogP contribution in [0.5, 0.6) is 0 Å². The minimum absolute atomic E-state index is 0.173. The number of sulfone groups is 1. The predicted molar refractivity (Wildman–Crippen MR) is 73.0 cm³/mol. The molecular formula is C13H17NO5S. The molecule has 1 amide bonds. The topological polar surface area (TPSA) is 101 Å². The molecule has 1 atom stereocenters. The number of carboxylic acid groups (broad SMARTS) is 1. The van der Waals surface area contributed by atoms with Gasteiger partial charge in [0.25, 0.3) is 0 Å². The molecule has 20 heavy (non-hydrogen) atoms. The first-order valence-corrected chi connectivity index (χ1v) is 7.75. The summed E-state index contributed by atoms with van der Waals surface area (Å²) in [5, 5.41) is 11.0. The monoisotopic (exact) mass is 299 g/mol. The Hall–Kier alpha value is -1.89. The van der Waals surface area contributed by atoms with E-state index in [0.717, 1.165) is 0 Å². The van der Waals surface area contributed by atoms with Crippen LogP contribution in [0.1, 0.15) is 19.8 Å². The zero-order valence-corrected chi connectivity index (χ0v) is 11.9. The molecule has 0 bridgehead atoms. The van der Waals surface area contributed by atoms with Gasteiger partial charge in [0.05, 0.1) is 17.1 Å².